The van der Waals surface area contributed by atoms with Crippen molar-refractivity contribution in [3.05, 3.63) is 0 Å². The predicted octanol–water partition coefficient (Wildman–Crippen LogP) is 3.04. The van der Waals surface area contributed by atoms with E-state index in [0.29, 0.717) is 0 Å². The SMILES string of the molecule is C[Si](C)OC(F)(F)C(F)(F)C(F)(F)F. The van der Waals surface area contributed by atoms with Gasteiger partial charge >= 0.3 is 18.2 Å². The van der Waals surface area contributed by atoms with Crippen molar-refractivity contribution in [1.29, 1.82) is 0 Å². The van der Waals surface area contributed by atoms with E-state index in [1.165, 1.54) is 0 Å². The number of rotatable bonds is 3. The molecule has 0 saturated heterocycles. The van der Waals surface area contributed by atoms with Crippen LogP contribution in [0.1, 0.15) is 0 Å². The summed E-state index contributed by atoms with van der Waals surface area (Å²) in [5.74, 6) is -6.16. The molecule has 14 heavy (non-hydrogen) atoms. The first kappa shape index (κ1) is 13.7. The topological polar surface area (TPSA) is 9.23 Å². The monoisotopic (exact) mass is 243 g/mol. The largest absolute Gasteiger partial charge is 0.462 e. The minimum absolute atomic E-state index is 1.02. The smallest absolute Gasteiger partial charge is 0.357 e. The van der Waals surface area contributed by atoms with Gasteiger partial charge in [0, 0.05) is 0 Å². The molecule has 0 bridgehead atoms. The maximum absolute atomic E-state index is 12.3. The molecule has 0 fully saturated rings. The summed E-state index contributed by atoms with van der Waals surface area (Å²) >= 11 is 0. The Morgan fingerprint density at radius 1 is 0.857 bits per heavy atom. The molecular weight excluding hydrogens is 237 g/mol. The normalized spacial score (nSPS) is 15.0. The summed E-state index contributed by atoms with van der Waals surface area (Å²) in [7, 11) is -2.36. The highest BCUT2D eigenvalue weighted by Gasteiger charge is 2.74. The van der Waals surface area contributed by atoms with Crippen LogP contribution < -0.4 is 0 Å². The summed E-state index contributed by atoms with van der Waals surface area (Å²) < 4.78 is 86.5. The van der Waals surface area contributed by atoms with Gasteiger partial charge in [-0.05, 0) is 13.1 Å². The van der Waals surface area contributed by atoms with Crippen LogP contribution in [0.15, 0.2) is 0 Å². The van der Waals surface area contributed by atoms with E-state index in [4.69, 9.17) is 0 Å². The molecule has 0 unspecified atom stereocenters. The zero-order valence-corrected chi connectivity index (χ0v) is 8.05. The van der Waals surface area contributed by atoms with Crippen LogP contribution in [0.4, 0.5) is 30.7 Å². The lowest BCUT2D eigenvalue weighted by molar-refractivity contribution is -0.404. The third-order valence-electron chi connectivity index (χ3n) is 1.05. The van der Waals surface area contributed by atoms with Gasteiger partial charge < -0.3 is 4.43 Å². The summed E-state index contributed by atoms with van der Waals surface area (Å²) in [6, 6.07) is 0. The molecule has 0 spiro atoms. The average Bonchev–Trinajstić information content (AvgIpc) is 1.80. The van der Waals surface area contributed by atoms with Gasteiger partial charge in [-0.1, -0.05) is 0 Å². The Bertz CT molecular complexity index is 199. The number of hydrogen-bond donors (Lipinski definition) is 0. The Morgan fingerprint density at radius 2 is 1.21 bits per heavy atom. The van der Waals surface area contributed by atoms with Crippen LogP contribution >= 0.6 is 0 Å². The van der Waals surface area contributed by atoms with Crippen LogP contribution in [0.3, 0.4) is 0 Å². The van der Waals surface area contributed by atoms with E-state index in [1.54, 1.807) is 0 Å². The van der Waals surface area contributed by atoms with Crippen LogP contribution in [0.25, 0.3) is 0 Å². The van der Waals surface area contributed by atoms with Crippen LogP contribution in [0.5, 0.6) is 0 Å². The highest BCUT2D eigenvalue weighted by molar-refractivity contribution is 6.48. The Morgan fingerprint density at radius 3 is 1.43 bits per heavy atom. The lowest BCUT2D eigenvalue weighted by atomic mass is 10.3. The van der Waals surface area contributed by atoms with Crippen LogP contribution in [-0.4, -0.2) is 27.2 Å². The Hall–Kier alpha value is -0.313. The summed E-state index contributed by atoms with van der Waals surface area (Å²) in [5, 5.41) is 0. The van der Waals surface area contributed by atoms with Gasteiger partial charge in [0.1, 0.15) is 0 Å². The summed E-state index contributed by atoms with van der Waals surface area (Å²) in [5.41, 5.74) is 0. The minimum Gasteiger partial charge on any atom is -0.357 e. The first-order chi connectivity index (χ1) is 5.92. The fourth-order valence-electron chi connectivity index (χ4n) is 0.485. The molecule has 1 radical (unpaired) electrons. The van der Waals surface area contributed by atoms with E-state index in [9.17, 15) is 30.7 Å². The standard InChI is InChI=1S/C5H6F7OSi/c1-14(2)13-5(11,12)3(6,7)4(8,9)10/h1-2H3. The molecule has 9 heteroatoms. The van der Waals surface area contributed by atoms with E-state index >= 15 is 0 Å². The Labute approximate surface area is 76.6 Å². The molecule has 0 amide bonds. The van der Waals surface area contributed by atoms with Crippen molar-refractivity contribution in [2.45, 2.75) is 31.3 Å². The van der Waals surface area contributed by atoms with Crippen LogP contribution in [-0.2, 0) is 4.43 Å². The fourth-order valence-corrected chi connectivity index (χ4v) is 1.13. The molecule has 0 aromatic carbocycles. The molecular formula is C5H6F7OSi. The van der Waals surface area contributed by atoms with Crippen molar-refractivity contribution in [2.75, 3.05) is 0 Å². The quantitative estimate of drug-likeness (QED) is 0.546. The summed E-state index contributed by atoms with van der Waals surface area (Å²) in [6.45, 7) is 2.04. The zero-order valence-electron chi connectivity index (χ0n) is 7.05. The first-order valence-electron chi connectivity index (χ1n) is 3.23. The molecule has 0 heterocycles. The average molecular weight is 243 g/mol. The summed E-state index contributed by atoms with van der Waals surface area (Å²) in [4.78, 5) is 0. The van der Waals surface area contributed by atoms with E-state index in [0.717, 1.165) is 13.1 Å². The first-order valence-corrected chi connectivity index (χ1v) is 5.64. The van der Waals surface area contributed by atoms with Gasteiger partial charge in [0.25, 0.3) is 0 Å². The predicted molar refractivity (Wildman–Crippen MR) is 34.5 cm³/mol. The van der Waals surface area contributed by atoms with Crippen molar-refractivity contribution in [3.63, 3.8) is 0 Å². The maximum atomic E-state index is 12.3. The van der Waals surface area contributed by atoms with Crippen molar-refractivity contribution < 1.29 is 35.2 Å². The molecule has 0 saturated carbocycles. The van der Waals surface area contributed by atoms with Gasteiger partial charge in [0.15, 0.2) is 0 Å². The second kappa shape index (κ2) is 3.68. The minimum atomic E-state index is -6.33. The second-order valence-corrected chi connectivity index (χ2v) is 4.62. The third-order valence-corrected chi connectivity index (χ3v) is 1.72. The molecule has 0 aliphatic carbocycles. The summed E-state index contributed by atoms with van der Waals surface area (Å²) in [6.07, 6.45) is -11.8. The molecule has 0 aromatic heterocycles. The Balaban J connectivity index is 4.88. The van der Waals surface area contributed by atoms with Crippen molar-refractivity contribution in [1.82, 2.24) is 0 Å². The number of halogens is 7. The molecule has 0 aliphatic heterocycles. The Kier molecular flexibility index (Phi) is 3.60. The van der Waals surface area contributed by atoms with Crippen molar-refractivity contribution in [2.24, 2.45) is 0 Å². The molecule has 0 N–H and O–H groups in total. The van der Waals surface area contributed by atoms with E-state index in [-0.39, 0.29) is 0 Å². The maximum Gasteiger partial charge on any atom is 0.462 e. The van der Waals surface area contributed by atoms with E-state index < -0.39 is 27.2 Å². The van der Waals surface area contributed by atoms with Gasteiger partial charge in [0.05, 0.1) is 0 Å². The van der Waals surface area contributed by atoms with E-state index in [1.807, 2.05) is 0 Å². The van der Waals surface area contributed by atoms with Gasteiger partial charge in [-0.2, -0.15) is 30.7 Å². The number of hydrogen-bond acceptors (Lipinski definition) is 1. The van der Waals surface area contributed by atoms with Crippen molar-refractivity contribution >= 4 is 9.04 Å². The van der Waals surface area contributed by atoms with Gasteiger partial charge in [-0.3, -0.25) is 0 Å². The van der Waals surface area contributed by atoms with Gasteiger partial charge in [0.2, 0.25) is 9.04 Å². The van der Waals surface area contributed by atoms with Gasteiger partial charge in [-0.25, -0.2) is 0 Å². The molecule has 0 aromatic rings. The molecule has 0 rings (SSSR count). The molecule has 0 aliphatic rings. The van der Waals surface area contributed by atoms with Crippen molar-refractivity contribution in [3.8, 4) is 0 Å². The molecule has 1 nitrogen and oxygen atoms in total. The van der Waals surface area contributed by atoms with E-state index in [2.05, 4.69) is 4.43 Å². The second-order valence-electron chi connectivity index (χ2n) is 2.60. The zero-order chi connectivity index (χ0) is 11.8. The van der Waals surface area contributed by atoms with Crippen LogP contribution in [0, 0.1) is 0 Å². The molecule has 0 atom stereocenters. The van der Waals surface area contributed by atoms with Gasteiger partial charge in [-0.15, -0.1) is 0 Å². The number of alkyl halides is 7. The highest BCUT2D eigenvalue weighted by atomic mass is 28.3. The fraction of sp³-hybridized carbons (Fsp3) is 1.00. The van der Waals surface area contributed by atoms with Crippen LogP contribution in [0.2, 0.25) is 13.1 Å². The third kappa shape index (κ3) is 2.59. The lowest BCUT2D eigenvalue weighted by Crippen LogP contribution is -2.54. The molecule has 85 valence electrons. The lowest BCUT2D eigenvalue weighted by Gasteiger charge is -2.28. The highest BCUT2D eigenvalue weighted by Crippen LogP contribution is 2.47.